The van der Waals surface area contributed by atoms with E-state index in [4.69, 9.17) is 0 Å². The second-order valence-electron chi connectivity index (χ2n) is 4.94. The summed E-state index contributed by atoms with van der Waals surface area (Å²) in [6.07, 6.45) is 4.84. The molecule has 0 aromatic rings. The van der Waals surface area contributed by atoms with Crippen molar-refractivity contribution in [2.75, 3.05) is 0 Å². The average Bonchev–Trinajstić information content (AvgIpc) is 2.64. The van der Waals surface area contributed by atoms with E-state index >= 15 is 0 Å². The van der Waals surface area contributed by atoms with E-state index in [0.717, 1.165) is 0 Å². The second-order valence-corrected chi connectivity index (χ2v) is 4.94. The van der Waals surface area contributed by atoms with E-state index in [1.807, 2.05) is 13.8 Å². The first-order valence-electron chi connectivity index (χ1n) is 5.61. The van der Waals surface area contributed by atoms with E-state index < -0.39 is 5.97 Å². The van der Waals surface area contributed by atoms with Gasteiger partial charge in [0, 0.05) is 12.1 Å². The number of fused-ring (bicyclic) bond motifs is 2. The van der Waals surface area contributed by atoms with Crippen molar-refractivity contribution >= 4 is 5.97 Å². The average molecular weight is 197 g/mol. The van der Waals surface area contributed by atoms with Gasteiger partial charge in [-0.25, -0.2) is 0 Å². The highest BCUT2D eigenvalue weighted by atomic mass is 16.4. The van der Waals surface area contributed by atoms with Crippen molar-refractivity contribution in [3.63, 3.8) is 0 Å². The lowest BCUT2D eigenvalue weighted by molar-refractivity contribution is -0.145. The van der Waals surface area contributed by atoms with Gasteiger partial charge in [0.1, 0.15) is 6.04 Å². The number of aliphatic carboxylic acids is 1. The van der Waals surface area contributed by atoms with Gasteiger partial charge in [0.2, 0.25) is 0 Å². The quantitative estimate of drug-likeness (QED) is 0.749. The van der Waals surface area contributed by atoms with Crippen molar-refractivity contribution < 1.29 is 9.90 Å². The Kier molecular flexibility index (Phi) is 2.52. The molecule has 0 spiro atoms. The predicted molar refractivity (Wildman–Crippen MR) is 54.1 cm³/mol. The molecule has 2 bridgehead atoms. The monoisotopic (exact) mass is 197 g/mol. The van der Waals surface area contributed by atoms with Gasteiger partial charge in [-0.15, -0.1) is 0 Å². The van der Waals surface area contributed by atoms with Crippen LogP contribution < -0.4 is 0 Å². The van der Waals surface area contributed by atoms with Crippen molar-refractivity contribution in [3.05, 3.63) is 0 Å². The van der Waals surface area contributed by atoms with E-state index in [2.05, 4.69) is 4.90 Å². The minimum absolute atomic E-state index is 0.216. The molecule has 0 aromatic carbocycles. The fraction of sp³-hybridized carbons (Fsp3) is 0.909. The maximum Gasteiger partial charge on any atom is 0.321 e. The van der Waals surface area contributed by atoms with Gasteiger partial charge in [-0.3, -0.25) is 9.69 Å². The molecule has 2 aliphatic rings. The second kappa shape index (κ2) is 3.54. The van der Waals surface area contributed by atoms with Crippen LogP contribution in [0.1, 0.15) is 39.5 Å². The van der Waals surface area contributed by atoms with Crippen LogP contribution in [0.2, 0.25) is 0 Å². The topological polar surface area (TPSA) is 40.5 Å². The Balaban J connectivity index is 2.15. The molecule has 2 rings (SSSR count). The van der Waals surface area contributed by atoms with Crippen molar-refractivity contribution in [1.82, 2.24) is 4.90 Å². The molecule has 1 unspecified atom stereocenters. The summed E-state index contributed by atoms with van der Waals surface area (Å²) in [5, 5.41) is 9.23. The standard InChI is InChI=1S/C11H19NO2/c1-7(2)10(11(13)14)12-8-3-4-9(12)6-5-8/h7-10H,3-6H2,1-2H3,(H,13,14). The molecule has 3 nitrogen and oxygen atoms in total. The number of nitrogens with zero attached hydrogens (tertiary/aromatic N) is 1. The van der Waals surface area contributed by atoms with Crippen molar-refractivity contribution in [3.8, 4) is 0 Å². The zero-order valence-corrected chi connectivity index (χ0v) is 8.94. The Morgan fingerprint density at radius 2 is 1.64 bits per heavy atom. The van der Waals surface area contributed by atoms with Crippen LogP contribution in [0.5, 0.6) is 0 Å². The molecule has 0 aromatic heterocycles. The highest BCUT2D eigenvalue weighted by Gasteiger charge is 2.46. The number of hydrogen-bond donors (Lipinski definition) is 1. The zero-order valence-electron chi connectivity index (χ0n) is 8.94. The first-order valence-corrected chi connectivity index (χ1v) is 5.61. The third-order valence-electron chi connectivity index (χ3n) is 3.72. The third kappa shape index (κ3) is 1.44. The number of carbonyl (C=O) groups is 1. The third-order valence-corrected chi connectivity index (χ3v) is 3.72. The van der Waals surface area contributed by atoms with Crippen LogP contribution in [-0.2, 0) is 4.79 Å². The van der Waals surface area contributed by atoms with Gasteiger partial charge in [-0.2, -0.15) is 0 Å². The highest BCUT2D eigenvalue weighted by Crippen LogP contribution is 2.40. The van der Waals surface area contributed by atoms with Gasteiger partial charge >= 0.3 is 5.97 Å². The highest BCUT2D eigenvalue weighted by molar-refractivity contribution is 5.74. The molecule has 80 valence electrons. The predicted octanol–water partition coefficient (Wildman–Crippen LogP) is 1.72. The van der Waals surface area contributed by atoms with E-state index in [-0.39, 0.29) is 12.0 Å². The smallest absolute Gasteiger partial charge is 0.321 e. The summed E-state index contributed by atoms with van der Waals surface area (Å²) in [7, 11) is 0. The Labute approximate surface area is 85.1 Å². The summed E-state index contributed by atoms with van der Waals surface area (Å²) in [4.78, 5) is 13.5. The molecular weight excluding hydrogens is 178 g/mol. The number of carboxylic acid groups (broad SMARTS) is 1. The fourth-order valence-corrected chi connectivity index (χ4v) is 3.16. The SMILES string of the molecule is CC(C)C(C(=O)O)N1C2CCC1CC2. The molecule has 2 fully saturated rings. The van der Waals surface area contributed by atoms with Gasteiger partial charge < -0.3 is 5.11 Å². The maximum absolute atomic E-state index is 11.2. The van der Waals surface area contributed by atoms with Crippen molar-refractivity contribution in [2.24, 2.45) is 5.92 Å². The van der Waals surface area contributed by atoms with Crippen LogP contribution in [0.3, 0.4) is 0 Å². The summed E-state index contributed by atoms with van der Waals surface area (Å²) in [5.41, 5.74) is 0. The number of rotatable bonds is 3. The van der Waals surface area contributed by atoms with Crippen molar-refractivity contribution in [2.45, 2.75) is 57.7 Å². The Morgan fingerprint density at radius 3 is 1.93 bits per heavy atom. The van der Waals surface area contributed by atoms with Gasteiger partial charge in [-0.05, 0) is 31.6 Å². The van der Waals surface area contributed by atoms with Gasteiger partial charge in [0.05, 0.1) is 0 Å². The Morgan fingerprint density at radius 1 is 1.21 bits per heavy atom. The normalized spacial score (nSPS) is 33.9. The molecule has 1 atom stereocenters. The maximum atomic E-state index is 11.2. The molecule has 1 N–H and O–H groups in total. The Bertz CT molecular complexity index is 219. The Hall–Kier alpha value is -0.570. The minimum atomic E-state index is -0.640. The zero-order chi connectivity index (χ0) is 10.3. The van der Waals surface area contributed by atoms with Crippen LogP contribution in [0, 0.1) is 5.92 Å². The molecule has 2 aliphatic heterocycles. The largest absolute Gasteiger partial charge is 0.480 e. The summed E-state index contributed by atoms with van der Waals surface area (Å²) >= 11 is 0. The summed E-state index contributed by atoms with van der Waals surface area (Å²) in [5.74, 6) is -0.424. The van der Waals surface area contributed by atoms with E-state index in [1.54, 1.807) is 0 Å². The van der Waals surface area contributed by atoms with Gasteiger partial charge in [-0.1, -0.05) is 13.8 Å². The molecule has 3 heteroatoms. The lowest BCUT2D eigenvalue weighted by Crippen LogP contribution is -2.47. The summed E-state index contributed by atoms with van der Waals surface area (Å²) in [6, 6.07) is 0.863. The van der Waals surface area contributed by atoms with Gasteiger partial charge in [0.25, 0.3) is 0 Å². The lowest BCUT2D eigenvalue weighted by atomic mass is 10.0. The first kappa shape index (κ1) is 9.97. The van der Waals surface area contributed by atoms with E-state index in [1.165, 1.54) is 25.7 Å². The van der Waals surface area contributed by atoms with Crippen LogP contribution in [-0.4, -0.2) is 34.1 Å². The molecule has 2 heterocycles. The number of hydrogen-bond acceptors (Lipinski definition) is 2. The van der Waals surface area contributed by atoms with E-state index in [0.29, 0.717) is 12.1 Å². The molecule has 0 saturated carbocycles. The van der Waals surface area contributed by atoms with Crippen LogP contribution in [0.4, 0.5) is 0 Å². The molecular formula is C11H19NO2. The summed E-state index contributed by atoms with van der Waals surface area (Å²) < 4.78 is 0. The number of carboxylic acids is 1. The molecule has 0 radical (unpaired) electrons. The molecule has 2 saturated heterocycles. The molecule has 0 amide bonds. The fourth-order valence-electron chi connectivity index (χ4n) is 3.16. The first-order chi connectivity index (χ1) is 6.61. The lowest BCUT2D eigenvalue weighted by Gasteiger charge is -2.31. The van der Waals surface area contributed by atoms with Crippen molar-refractivity contribution in [1.29, 1.82) is 0 Å². The minimum Gasteiger partial charge on any atom is -0.480 e. The van der Waals surface area contributed by atoms with Crippen LogP contribution in [0.25, 0.3) is 0 Å². The van der Waals surface area contributed by atoms with Crippen LogP contribution >= 0.6 is 0 Å². The van der Waals surface area contributed by atoms with Gasteiger partial charge in [0.15, 0.2) is 0 Å². The molecule has 0 aliphatic carbocycles. The molecule has 14 heavy (non-hydrogen) atoms. The van der Waals surface area contributed by atoms with E-state index in [9.17, 15) is 9.90 Å². The van der Waals surface area contributed by atoms with Crippen LogP contribution in [0.15, 0.2) is 0 Å². The summed E-state index contributed by atoms with van der Waals surface area (Å²) in [6.45, 7) is 4.02.